The van der Waals surface area contributed by atoms with Gasteiger partial charge < -0.3 is 10.6 Å². The molecular weight excluding hydrogens is 288 g/mol. The third kappa shape index (κ3) is 4.54. The van der Waals surface area contributed by atoms with Crippen molar-refractivity contribution in [3.8, 4) is 0 Å². The third-order valence-electron chi connectivity index (χ3n) is 3.40. The number of sulfone groups is 1. The lowest BCUT2D eigenvalue weighted by Gasteiger charge is -2.29. The molecule has 0 saturated heterocycles. The fourth-order valence-corrected chi connectivity index (χ4v) is 3.13. The van der Waals surface area contributed by atoms with Crippen LogP contribution in [0.25, 0.3) is 0 Å². The summed E-state index contributed by atoms with van der Waals surface area (Å²) in [6.07, 6.45) is 1.14. The Hall–Kier alpha value is -1.40. The van der Waals surface area contributed by atoms with Gasteiger partial charge in [0.05, 0.1) is 4.90 Å². The summed E-state index contributed by atoms with van der Waals surface area (Å²) in [4.78, 5) is 14.2. The predicted octanol–water partition coefficient (Wildman–Crippen LogP) is 1.46. The van der Waals surface area contributed by atoms with Gasteiger partial charge in [-0.1, -0.05) is 19.9 Å². The fourth-order valence-electron chi connectivity index (χ4n) is 2.13. The van der Waals surface area contributed by atoms with Crippen LogP contribution in [0.4, 0.5) is 0 Å². The Morgan fingerprint density at radius 1 is 1.33 bits per heavy atom. The number of nitrogens with zero attached hydrogens (tertiary/aromatic N) is 1. The fraction of sp³-hybridized carbons (Fsp3) is 0.533. The molecule has 1 aromatic carbocycles. The van der Waals surface area contributed by atoms with Crippen molar-refractivity contribution in [1.82, 2.24) is 4.90 Å². The molecule has 0 atom stereocenters. The zero-order valence-electron chi connectivity index (χ0n) is 13.3. The van der Waals surface area contributed by atoms with Crippen LogP contribution in [-0.4, -0.2) is 45.6 Å². The summed E-state index contributed by atoms with van der Waals surface area (Å²) in [5.41, 5.74) is 6.50. The third-order valence-corrected chi connectivity index (χ3v) is 4.64. The molecule has 1 aromatic rings. The zero-order chi connectivity index (χ0) is 16.4. The summed E-state index contributed by atoms with van der Waals surface area (Å²) >= 11 is 0. The van der Waals surface area contributed by atoms with E-state index in [-0.39, 0.29) is 16.2 Å². The molecule has 0 aliphatic carbocycles. The molecule has 118 valence electrons. The van der Waals surface area contributed by atoms with E-state index < -0.39 is 9.84 Å². The maximum Gasteiger partial charge on any atom is 0.253 e. The second-order valence-corrected chi connectivity index (χ2v) is 8.27. The Morgan fingerprint density at radius 3 is 2.38 bits per heavy atom. The molecule has 0 aliphatic heterocycles. The summed E-state index contributed by atoms with van der Waals surface area (Å²) < 4.78 is 23.5. The monoisotopic (exact) mass is 312 g/mol. The number of aryl methyl sites for hydroxylation is 1. The van der Waals surface area contributed by atoms with Crippen LogP contribution in [0.2, 0.25) is 0 Å². The van der Waals surface area contributed by atoms with E-state index in [0.29, 0.717) is 24.2 Å². The highest BCUT2D eigenvalue weighted by Crippen LogP contribution is 2.20. The van der Waals surface area contributed by atoms with Crippen molar-refractivity contribution in [2.75, 3.05) is 26.4 Å². The highest BCUT2D eigenvalue weighted by molar-refractivity contribution is 7.90. The molecule has 0 radical (unpaired) electrons. The van der Waals surface area contributed by atoms with Gasteiger partial charge in [0.2, 0.25) is 0 Å². The first-order valence-electron chi connectivity index (χ1n) is 6.74. The van der Waals surface area contributed by atoms with Crippen LogP contribution < -0.4 is 5.73 Å². The van der Waals surface area contributed by atoms with Crippen molar-refractivity contribution < 1.29 is 13.2 Å². The Balaban J connectivity index is 3.09. The lowest BCUT2D eigenvalue weighted by atomic mass is 9.93. The van der Waals surface area contributed by atoms with Gasteiger partial charge in [0.15, 0.2) is 9.84 Å². The van der Waals surface area contributed by atoms with E-state index >= 15 is 0 Å². The first kappa shape index (κ1) is 17.7. The van der Waals surface area contributed by atoms with Gasteiger partial charge in [-0.3, -0.25) is 4.79 Å². The molecule has 5 nitrogen and oxygen atoms in total. The largest absolute Gasteiger partial charge is 0.341 e. The highest BCUT2D eigenvalue weighted by atomic mass is 32.2. The van der Waals surface area contributed by atoms with E-state index in [1.165, 1.54) is 6.07 Å². The molecule has 21 heavy (non-hydrogen) atoms. The number of carbonyl (C=O) groups is 1. The number of rotatable bonds is 5. The van der Waals surface area contributed by atoms with E-state index in [0.717, 1.165) is 6.26 Å². The maximum atomic E-state index is 12.4. The standard InChI is InChI=1S/C15H24N2O3S/c1-11-6-7-12(8-13(11)21(5,19)20)14(18)17(4)10-15(2,3)9-16/h6-8H,9-10,16H2,1-5H3. The molecule has 0 bridgehead atoms. The summed E-state index contributed by atoms with van der Waals surface area (Å²) in [6, 6.07) is 4.75. The molecule has 0 fully saturated rings. The van der Waals surface area contributed by atoms with Crippen LogP contribution in [0, 0.1) is 12.3 Å². The second kappa shape index (κ2) is 6.15. The van der Waals surface area contributed by atoms with Crippen LogP contribution >= 0.6 is 0 Å². The van der Waals surface area contributed by atoms with Crippen molar-refractivity contribution in [1.29, 1.82) is 0 Å². The number of carbonyl (C=O) groups excluding carboxylic acids is 1. The van der Waals surface area contributed by atoms with E-state index in [1.54, 1.807) is 31.0 Å². The van der Waals surface area contributed by atoms with Crippen LogP contribution in [0.3, 0.4) is 0 Å². The molecule has 0 heterocycles. The second-order valence-electron chi connectivity index (χ2n) is 6.28. The quantitative estimate of drug-likeness (QED) is 0.892. The predicted molar refractivity (Wildman–Crippen MR) is 84.1 cm³/mol. The molecule has 1 amide bonds. The molecule has 2 N–H and O–H groups in total. The van der Waals surface area contributed by atoms with Gasteiger partial charge in [0.25, 0.3) is 5.91 Å². The Morgan fingerprint density at radius 2 is 1.90 bits per heavy atom. The lowest BCUT2D eigenvalue weighted by molar-refractivity contribution is 0.0740. The van der Waals surface area contributed by atoms with Crippen LogP contribution in [0.15, 0.2) is 23.1 Å². The summed E-state index contributed by atoms with van der Waals surface area (Å²) in [6.45, 7) is 6.64. The summed E-state index contributed by atoms with van der Waals surface area (Å²) in [5.74, 6) is -0.207. The normalized spacial score (nSPS) is 12.3. The van der Waals surface area contributed by atoms with Crippen molar-refractivity contribution in [2.45, 2.75) is 25.7 Å². The van der Waals surface area contributed by atoms with Gasteiger partial charge in [-0.2, -0.15) is 0 Å². The minimum atomic E-state index is -3.35. The average Bonchev–Trinajstić information content (AvgIpc) is 2.36. The van der Waals surface area contributed by atoms with Gasteiger partial charge in [-0.15, -0.1) is 0 Å². The average molecular weight is 312 g/mol. The smallest absolute Gasteiger partial charge is 0.253 e. The van der Waals surface area contributed by atoms with E-state index in [9.17, 15) is 13.2 Å². The van der Waals surface area contributed by atoms with E-state index in [4.69, 9.17) is 5.73 Å². The number of hydrogen-bond donors (Lipinski definition) is 1. The SMILES string of the molecule is Cc1ccc(C(=O)N(C)CC(C)(C)CN)cc1S(C)(=O)=O. The van der Waals surface area contributed by atoms with E-state index in [1.807, 2.05) is 13.8 Å². The Bertz CT molecular complexity index is 636. The van der Waals surface area contributed by atoms with E-state index in [2.05, 4.69) is 0 Å². The number of amides is 1. The number of hydrogen-bond acceptors (Lipinski definition) is 4. The number of nitrogens with two attached hydrogens (primary N) is 1. The minimum Gasteiger partial charge on any atom is -0.341 e. The van der Waals surface area contributed by atoms with Gasteiger partial charge in [-0.05, 0) is 36.6 Å². The lowest BCUT2D eigenvalue weighted by Crippen LogP contribution is -2.39. The van der Waals surface area contributed by atoms with Crippen molar-refractivity contribution >= 4 is 15.7 Å². The maximum absolute atomic E-state index is 12.4. The molecular formula is C15H24N2O3S. The molecule has 0 spiro atoms. The zero-order valence-corrected chi connectivity index (χ0v) is 14.1. The number of benzene rings is 1. The van der Waals surface area contributed by atoms with Crippen LogP contribution in [0.1, 0.15) is 29.8 Å². The molecule has 0 unspecified atom stereocenters. The molecule has 0 aromatic heterocycles. The molecule has 6 heteroatoms. The molecule has 0 aliphatic rings. The van der Waals surface area contributed by atoms with Gasteiger partial charge in [0.1, 0.15) is 0 Å². The van der Waals surface area contributed by atoms with Crippen molar-refractivity contribution in [3.63, 3.8) is 0 Å². The summed E-state index contributed by atoms with van der Waals surface area (Å²) in [7, 11) is -1.65. The van der Waals surface area contributed by atoms with Crippen molar-refractivity contribution in [2.24, 2.45) is 11.1 Å². The first-order valence-corrected chi connectivity index (χ1v) is 8.63. The van der Waals surface area contributed by atoms with Crippen LogP contribution in [-0.2, 0) is 9.84 Å². The van der Waals surface area contributed by atoms with Gasteiger partial charge in [-0.25, -0.2) is 8.42 Å². The highest BCUT2D eigenvalue weighted by Gasteiger charge is 2.23. The van der Waals surface area contributed by atoms with Crippen LogP contribution in [0.5, 0.6) is 0 Å². The first-order chi connectivity index (χ1) is 9.48. The Kier molecular flexibility index (Phi) is 5.17. The minimum absolute atomic E-state index is 0.186. The van der Waals surface area contributed by atoms with Gasteiger partial charge in [0, 0.05) is 25.4 Å². The Labute approximate surface area is 127 Å². The topological polar surface area (TPSA) is 80.5 Å². The molecule has 0 saturated carbocycles. The van der Waals surface area contributed by atoms with Gasteiger partial charge >= 0.3 is 0 Å². The van der Waals surface area contributed by atoms with Crippen molar-refractivity contribution in [3.05, 3.63) is 29.3 Å². The summed E-state index contributed by atoms with van der Waals surface area (Å²) in [5, 5.41) is 0. The molecule has 1 rings (SSSR count).